The molecule has 1 aromatic carbocycles. The molecule has 156 valence electrons. The summed E-state index contributed by atoms with van der Waals surface area (Å²) >= 11 is 0. The van der Waals surface area contributed by atoms with Crippen molar-refractivity contribution < 1.29 is 18.7 Å². The van der Waals surface area contributed by atoms with Crippen molar-refractivity contribution >= 4 is 6.09 Å². The summed E-state index contributed by atoms with van der Waals surface area (Å²) in [5, 5.41) is 9.46. The molecule has 7 heteroatoms. The monoisotopic (exact) mass is 401 g/mol. The lowest BCUT2D eigenvalue weighted by molar-refractivity contribution is -0.0909. The molecule has 2 aliphatic heterocycles. The van der Waals surface area contributed by atoms with E-state index in [1.807, 2.05) is 20.8 Å². The van der Waals surface area contributed by atoms with Crippen molar-refractivity contribution in [3.05, 3.63) is 34.6 Å². The first-order valence-electron chi connectivity index (χ1n) is 10.3. The summed E-state index contributed by atoms with van der Waals surface area (Å²) in [6.07, 6.45) is 1.53. The van der Waals surface area contributed by atoms with E-state index >= 15 is 0 Å². The zero-order valence-electron chi connectivity index (χ0n) is 17.3. The quantitative estimate of drug-likeness (QED) is 0.758. The zero-order chi connectivity index (χ0) is 20.8. The van der Waals surface area contributed by atoms with Gasteiger partial charge < -0.3 is 14.4 Å². The largest absolute Gasteiger partial charge is 0.444 e. The molecule has 2 heterocycles. The molecule has 2 saturated heterocycles. The van der Waals surface area contributed by atoms with Crippen LogP contribution >= 0.6 is 0 Å². The Hall–Kier alpha value is -2.17. The molecule has 3 fully saturated rings. The average Bonchev–Trinajstić information content (AvgIpc) is 3.50. The number of piperazine rings is 1. The van der Waals surface area contributed by atoms with Crippen molar-refractivity contribution in [2.45, 2.75) is 57.3 Å². The molecule has 0 spiro atoms. The van der Waals surface area contributed by atoms with E-state index in [-0.39, 0.29) is 29.7 Å². The van der Waals surface area contributed by atoms with Gasteiger partial charge in [-0.25, -0.2) is 9.18 Å². The minimum Gasteiger partial charge on any atom is -0.444 e. The van der Waals surface area contributed by atoms with Crippen LogP contribution in [0.15, 0.2) is 12.1 Å². The fourth-order valence-electron chi connectivity index (χ4n) is 4.28. The minimum absolute atomic E-state index is 0.118. The van der Waals surface area contributed by atoms with Gasteiger partial charge in [0, 0.05) is 26.2 Å². The van der Waals surface area contributed by atoms with Crippen molar-refractivity contribution in [1.82, 2.24) is 9.80 Å². The minimum atomic E-state index is -0.511. The van der Waals surface area contributed by atoms with E-state index in [1.54, 1.807) is 11.0 Å². The number of fused-ring (bicyclic) bond motifs is 1. The summed E-state index contributed by atoms with van der Waals surface area (Å²) in [4.78, 5) is 16.5. The van der Waals surface area contributed by atoms with Crippen LogP contribution in [0.1, 0.15) is 62.3 Å². The van der Waals surface area contributed by atoms with E-state index in [4.69, 9.17) is 9.47 Å². The maximum Gasteiger partial charge on any atom is 0.410 e. The van der Waals surface area contributed by atoms with Crippen LogP contribution in [-0.4, -0.2) is 60.3 Å². The highest BCUT2D eigenvalue weighted by atomic mass is 19.1. The number of rotatable bonds is 2. The summed E-state index contributed by atoms with van der Waals surface area (Å²) in [7, 11) is 0. The standard InChI is InChI=1S/C22H28FN3O3/c1-22(2,3)29-21(27)26-9-8-25-12-19(28-13-15(25)11-26)16-6-7-18(23)17(10-24)20(16)14-4-5-14/h6-7,14-15,19H,4-5,8-9,11-13H2,1-3H3/t15-,19+/m0/s1. The van der Waals surface area contributed by atoms with Crippen LogP contribution in [0.25, 0.3) is 0 Å². The molecule has 0 bridgehead atoms. The van der Waals surface area contributed by atoms with Crippen molar-refractivity contribution in [2.75, 3.05) is 32.8 Å². The number of nitriles is 1. The molecule has 29 heavy (non-hydrogen) atoms. The predicted molar refractivity (Wildman–Crippen MR) is 105 cm³/mol. The maximum atomic E-state index is 14.2. The predicted octanol–water partition coefficient (Wildman–Crippen LogP) is 3.57. The number of carbonyl (C=O) groups excluding carboxylic acids is 1. The smallest absolute Gasteiger partial charge is 0.410 e. The Morgan fingerprint density at radius 1 is 1.28 bits per heavy atom. The average molecular weight is 401 g/mol. The van der Waals surface area contributed by atoms with E-state index in [0.717, 1.165) is 30.5 Å². The maximum absolute atomic E-state index is 14.2. The lowest BCUT2D eigenvalue weighted by atomic mass is 9.92. The highest BCUT2D eigenvalue weighted by Crippen LogP contribution is 2.46. The van der Waals surface area contributed by atoms with Gasteiger partial charge >= 0.3 is 6.09 Å². The number of halogens is 1. The van der Waals surface area contributed by atoms with Crippen molar-refractivity contribution in [1.29, 1.82) is 5.26 Å². The molecule has 1 aromatic rings. The van der Waals surface area contributed by atoms with Crippen LogP contribution in [0.3, 0.4) is 0 Å². The summed E-state index contributed by atoms with van der Waals surface area (Å²) in [6, 6.07) is 5.34. The highest BCUT2D eigenvalue weighted by molar-refractivity contribution is 5.68. The normalized spacial score (nSPS) is 25.3. The molecule has 1 saturated carbocycles. The van der Waals surface area contributed by atoms with Gasteiger partial charge in [0.05, 0.1) is 24.3 Å². The molecule has 0 aromatic heterocycles. The molecule has 6 nitrogen and oxygen atoms in total. The summed E-state index contributed by atoms with van der Waals surface area (Å²) in [6.45, 7) is 8.71. The van der Waals surface area contributed by atoms with E-state index < -0.39 is 11.4 Å². The molecule has 4 rings (SSSR count). The van der Waals surface area contributed by atoms with Gasteiger partial charge in [-0.1, -0.05) is 6.07 Å². The number of hydrogen-bond donors (Lipinski definition) is 0. The molecule has 1 aliphatic carbocycles. The molecule has 1 amide bonds. The summed E-state index contributed by atoms with van der Waals surface area (Å²) in [5.41, 5.74) is 1.44. The fourth-order valence-corrected chi connectivity index (χ4v) is 4.28. The molecule has 0 N–H and O–H groups in total. The number of amides is 1. The Labute approximate surface area is 171 Å². The van der Waals surface area contributed by atoms with Gasteiger partial charge in [-0.3, -0.25) is 4.90 Å². The molecule has 0 unspecified atom stereocenters. The Balaban J connectivity index is 1.46. The van der Waals surface area contributed by atoms with Crippen LogP contribution in [0.2, 0.25) is 0 Å². The molecular formula is C22H28FN3O3. The Morgan fingerprint density at radius 3 is 2.69 bits per heavy atom. The van der Waals surface area contributed by atoms with Crippen LogP contribution in [-0.2, 0) is 9.47 Å². The second-order valence-corrected chi connectivity index (χ2v) is 9.21. The number of ether oxygens (including phenoxy) is 2. The first-order valence-corrected chi connectivity index (χ1v) is 10.3. The SMILES string of the molecule is CC(C)(C)OC(=O)N1CCN2C[C@H](c3ccc(F)c(C#N)c3C3CC3)OC[C@@H]2C1. The third-order valence-electron chi connectivity index (χ3n) is 5.82. The lowest BCUT2D eigenvalue weighted by Gasteiger charge is -2.46. The van der Waals surface area contributed by atoms with Crippen molar-refractivity contribution in [2.24, 2.45) is 0 Å². The van der Waals surface area contributed by atoms with Crippen LogP contribution in [0.4, 0.5) is 9.18 Å². The van der Waals surface area contributed by atoms with E-state index in [0.29, 0.717) is 26.2 Å². The molecular weight excluding hydrogens is 373 g/mol. The fraction of sp³-hybridized carbons (Fsp3) is 0.636. The third-order valence-corrected chi connectivity index (χ3v) is 5.82. The second kappa shape index (κ2) is 7.58. The third kappa shape index (κ3) is 4.24. The van der Waals surface area contributed by atoms with Crippen LogP contribution in [0.5, 0.6) is 0 Å². The summed E-state index contributed by atoms with van der Waals surface area (Å²) in [5.74, 6) is -0.182. The van der Waals surface area contributed by atoms with Crippen LogP contribution in [0, 0.1) is 17.1 Å². The Kier molecular flexibility index (Phi) is 5.26. The first-order chi connectivity index (χ1) is 13.8. The number of morpholine rings is 1. The van der Waals surface area contributed by atoms with E-state index in [2.05, 4.69) is 11.0 Å². The summed E-state index contributed by atoms with van der Waals surface area (Å²) < 4.78 is 25.8. The zero-order valence-corrected chi connectivity index (χ0v) is 17.3. The van der Waals surface area contributed by atoms with E-state index in [9.17, 15) is 14.4 Å². The van der Waals surface area contributed by atoms with Gasteiger partial charge in [-0.2, -0.15) is 5.26 Å². The number of nitrogens with zero attached hydrogens (tertiary/aromatic N) is 3. The number of carbonyl (C=O) groups is 1. The molecule has 0 radical (unpaired) electrons. The second-order valence-electron chi connectivity index (χ2n) is 9.21. The van der Waals surface area contributed by atoms with Gasteiger partial charge in [0.1, 0.15) is 17.5 Å². The lowest BCUT2D eigenvalue weighted by Crippen LogP contribution is -2.60. The molecule has 3 aliphatic rings. The topological polar surface area (TPSA) is 65.8 Å². The van der Waals surface area contributed by atoms with Gasteiger partial charge in [-0.15, -0.1) is 0 Å². The van der Waals surface area contributed by atoms with Crippen LogP contribution < -0.4 is 0 Å². The van der Waals surface area contributed by atoms with Crippen molar-refractivity contribution in [3.63, 3.8) is 0 Å². The number of benzene rings is 1. The Morgan fingerprint density at radius 2 is 2.03 bits per heavy atom. The van der Waals surface area contributed by atoms with Gasteiger partial charge in [0.15, 0.2) is 0 Å². The van der Waals surface area contributed by atoms with E-state index in [1.165, 1.54) is 6.07 Å². The van der Waals surface area contributed by atoms with Gasteiger partial charge in [-0.05, 0) is 56.7 Å². The molecule has 2 atom stereocenters. The van der Waals surface area contributed by atoms with Gasteiger partial charge in [0.25, 0.3) is 0 Å². The van der Waals surface area contributed by atoms with Gasteiger partial charge in [0.2, 0.25) is 0 Å². The van der Waals surface area contributed by atoms with Crippen molar-refractivity contribution in [3.8, 4) is 6.07 Å². The first kappa shape index (κ1) is 20.1. The highest BCUT2D eigenvalue weighted by Gasteiger charge is 2.39. The number of hydrogen-bond acceptors (Lipinski definition) is 5. The Bertz CT molecular complexity index is 841.